The predicted molar refractivity (Wildman–Crippen MR) is 169 cm³/mol. The number of rotatable bonds is 9. The molecule has 1 N–H and O–H groups in total. The van der Waals surface area contributed by atoms with E-state index in [-0.39, 0.29) is 5.91 Å². The number of aromatic nitrogens is 1. The zero-order chi connectivity index (χ0) is 28.6. The van der Waals surface area contributed by atoms with Crippen molar-refractivity contribution in [3.63, 3.8) is 0 Å². The largest absolute Gasteiger partial charge is 0.489 e. The molecule has 0 aliphatic rings. The van der Waals surface area contributed by atoms with Gasteiger partial charge < -0.3 is 9.30 Å². The molecule has 1 aromatic heterocycles. The minimum Gasteiger partial charge on any atom is -0.489 e. The van der Waals surface area contributed by atoms with Gasteiger partial charge in [-0.25, -0.2) is 5.43 Å². The molecule has 204 valence electrons. The molecule has 0 radical (unpaired) electrons. The zero-order valence-electron chi connectivity index (χ0n) is 22.9. The van der Waals surface area contributed by atoms with E-state index in [9.17, 15) is 4.79 Å². The van der Waals surface area contributed by atoms with Crippen LogP contribution in [0.1, 0.15) is 21.5 Å². The quantitative estimate of drug-likeness (QED) is 0.147. The van der Waals surface area contributed by atoms with Crippen molar-refractivity contribution in [3.05, 3.63) is 168 Å². The lowest BCUT2D eigenvalue weighted by atomic mass is 10.1. The van der Waals surface area contributed by atoms with Crippen molar-refractivity contribution in [2.45, 2.75) is 6.61 Å². The molecular formula is C37H29N3O2. The number of nitrogens with one attached hydrogen (secondary N) is 1. The van der Waals surface area contributed by atoms with E-state index in [1.54, 1.807) is 6.21 Å². The molecule has 0 spiro atoms. The predicted octanol–water partition coefficient (Wildman–Crippen LogP) is 8.15. The van der Waals surface area contributed by atoms with Gasteiger partial charge in [-0.3, -0.25) is 4.79 Å². The van der Waals surface area contributed by atoms with E-state index >= 15 is 0 Å². The molecule has 0 aliphatic heterocycles. The second kappa shape index (κ2) is 12.7. The molecule has 42 heavy (non-hydrogen) atoms. The van der Waals surface area contributed by atoms with E-state index in [1.807, 2.05) is 115 Å². The average Bonchev–Trinajstić information content (AvgIpc) is 3.51. The van der Waals surface area contributed by atoms with E-state index in [2.05, 4.69) is 51.5 Å². The van der Waals surface area contributed by atoms with E-state index in [0.717, 1.165) is 45.1 Å². The van der Waals surface area contributed by atoms with Crippen molar-refractivity contribution in [1.82, 2.24) is 9.99 Å². The number of ether oxygens (including phenoxy) is 1. The maximum Gasteiger partial charge on any atom is 0.271 e. The molecule has 5 heteroatoms. The van der Waals surface area contributed by atoms with Crippen LogP contribution in [0.25, 0.3) is 28.2 Å². The summed E-state index contributed by atoms with van der Waals surface area (Å²) in [6.45, 7) is 0.509. The Morgan fingerprint density at radius 1 is 0.643 bits per heavy atom. The first-order valence-corrected chi connectivity index (χ1v) is 13.8. The molecule has 0 bridgehead atoms. The summed E-state index contributed by atoms with van der Waals surface area (Å²) in [5, 5.41) is 4.15. The van der Waals surface area contributed by atoms with Gasteiger partial charge in [0.15, 0.2) is 0 Å². The Hall–Kier alpha value is -5.68. The van der Waals surface area contributed by atoms with Gasteiger partial charge in [0.1, 0.15) is 12.4 Å². The van der Waals surface area contributed by atoms with Gasteiger partial charge >= 0.3 is 0 Å². The van der Waals surface area contributed by atoms with Gasteiger partial charge in [0.25, 0.3) is 5.91 Å². The standard InChI is InChI=1S/C37H29N3O2/c41-37(39-38-26-28-16-22-34(23-17-28)42-27-29-10-4-1-5-11-29)32-18-20-33(21-19-32)40-35(30-12-6-2-7-13-30)24-25-36(40)31-14-8-3-9-15-31/h1-26H,27H2,(H,39,41)/b38-26-. The Balaban J connectivity index is 1.14. The molecule has 0 saturated carbocycles. The van der Waals surface area contributed by atoms with Crippen LogP contribution in [0.15, 0.2) is 157 Å². The van der Waals surface area contributed by atoms with Gasteiger partial charge in [0, 0.05) is 11.3 Å². The second-order valence-corrected chi connectivity index (χ2v) is 9.76. The van der Waals surface area contributed by atoms with Gasteiger partial charge in [-0.2, -0.15) is 5.10 Å². The molecule has 1 heterocycles. The number of hydrazone groups is 1. The van der Waals surface area contributed by atoms with Crippen LogP contribution in [0.4, 0.5) is 0 Å². The lowest BCUT2D eigenvalue weighted by molar-refractivity contribution is 0.0955. The summed E-state index contributed by atoms with van der Waals surface area (Å²) in [6, 6.07) is 50.0. The summed E-state index contributed by atoms with van der Waals surface area (Å²) in [5.74, 6) is 0.494. The Morgan fingerprint density at radius 2 is 1.19 bits per heavy atom. The van der Waals surface area contributed by atoms with Crippen molar-refractivity contribution in [3.8, 4) is 34.0 Å². The topological polar surface area (TPSA) is 55.6 Å². The van der Waals surface area contributed by atoms with Gasteiger partial charge in [-0.05, 0) is 82.9 Å². The number of hydrogen-bond acceptors (Lipinski definition) is 3. The van der Waals surface area contributed by atoms with Crippen LogP contribution in [-0.4, -0.2) is 16.7 Å². The lowest BCUT2D eigenvalue weighted by Crippen LogP contribution is -2.17. The van der Waals surface area contributed by atoms with Crippen LogP contribution in [-0.2, 0) is 6.61 Å². The first-order valence-electron chi connectivity index (χ1n) is 13.8. The molecule has 6 rings (SSSR count). The lowest BCUT2D eigenvalue weighted by Gasteiger charge is -2.15. The van der Waals surface area contributed by atoms with Crippen molar-refractivity contribution in [1.29, 1.82) is 0 Å². The van der Waals surface area contributed by atoms with Crippen molar-refractivity contribution in [2.75, 3.05) is 0 Å². The first kappa shape index (κ1) is 26.5. The molecule has 0 unspecified atom stereocenters. The number of carbonyl (C=O) groups excluding carboxylic acids is 1. The molecule has 1 amide bonds. The Kier molecular flexibility index (Phi) is 8.00. The van der Waals surface area contributed by atoms with Crippen LogP contribution in [0.2, 0.25) is 0 Å². The van der Waals surface area contributed by atoms with E-state index in [0.29, 0.717) is 12.2 Å². The third kappa shape index (κ3) is 6.21. The summed E-state index contributed by atoms with van der Waals surface area (Å²) in [6.07, 6.45) is 1.62. The van der Waals surface area contributed by atoms with Gasteiger partial charge in [0.2, 0.25) is 0 Å². The number of carbonyl (C=O) groups is 1. The summed E-state index contributed by atoms with van der Waals surface area (Å²) < 4.78 is 8.05. The smallest absolute Gasteiger partial charge is 0.271 e. The fraction of sp³-hybridized carbons (Fsp3) is 0.0270. The van der Waals surface area contributed by atoms with Gasteiger partial charge in [-0.15, -0.1) is 0 Å². The van der Waals surface area contributed by atoms with Gasteiger partial charge in [0.05, 0.1) is 17.6 Å². The summed E-state index contributed by atoms with van der Waals surface area (Å²) in [7, 11) is 0. The third-order valence-corrected chi connectivity index (χ3v) is 6.92. The fourth-order valence-corrected chi connectivity index (χ4v) is 4.77. The summed E-state index contributed by atoms with van der Waals surface area (Å²) in [4.78, 5) is 12.8. The number of benzene rings is 5. The summed E-state index contributed by atoms with van der Waals surface area (Å²) in [5.41, 5.74) is 10.5. The zero-order valence-corrected chi connectivity index (χ0v) is 22.9. The SMILES string of the molecule is O=C(N/N=C\c1ccc(OCc2ccccc2)cc1)c1ccc(-n2c(-c3ccccc3)ccc2-c2ccccc2)cc1. The minimum absolute atomic E-state index is 0.278. The normalized spacial score (nSPS) is 11.0. The molecule has 6 aromatic rings. The maximum atomic E-state index is 12.8. The van der Waals surface area contributed by atoms with E-state index in [4.69, 9.17) is 4.74 Å². The molecule has 5 aromatic carbocycles. The summed E-state index contributed by atoms with van der Waals surface area (Å²) >= 11 is 0. The van der Waals surface area contributed by atoms with Gasteiger partial charge in [-0.1, -0.05) is 91.0 Å². The van der Waals surface area contributed by atoms with Crippen molar-refractivity contribution >= 4 is 12.1 Å². The van der Waals surface area contributed by atoms with Crippen LogP contribution >= 0.6 is 0 Å². The average molecular weight is 548 g/mol. The number of hydrogen-bond donors (Lipinski definition) is 1. The molecule has 0 atom stereocenters. The highest BCUT2D eigenvalue weighted by atomic mass is 16.5. The van der Waals surface area contributed by atoms with Crippen molar-refractivity contribution in [2.24, 2.45) is 5.10 Å². The first-order chi connectivity index (χ1) is 20.7. The Labute approximate surface area is 245 Å². The fourth-order valence-electron chi connectivity index (χ4n) is 4.77. The maximum absolute atomic E-state index is 12.8. The highest BCUT2D eigenvalue weighted by molar-refractivity contribution is 5.95. The molecule has 0 saturated heterocycles. The van der Waals surface area contributed by atoms with E-state index in [1.165, 1.54) is 0 Å². The molecule has 0 aliphatic carbocycles. The second-order valence-electron chi connectivity index (χ2n) is 9.76. The van der Waals surface area contributed by atoms with Crippen LogP contribution in [0, 0.1) is 0 Å². The van der Waals surface area contributed by atoms with Crippen LogP contribution in [0.3, 0.4) is 0 Å². The van der Waals surface area contributed by atoms with Crippen molar-refractivity contribution < 1.29 is 9.53 Å². The third-order valence-electron chi connectivity index (χ3n) is 6.92. The molecule has 5 nitrogen and oxygen atoms in total. The minimum atomic E-state index is -0.278. The van der Waals surface area contributed by atoms with Crippen LogP contribution < -0.4 is 10.2 Å². The molecular weight excluding hydrogens is 518 g/mol. The Bertz CT molecular complexity index is 1720. The Morgan fingerprint density at radius 3 is 1.76 bits per heavy atom. The highest BCUT2D eigenvalue weighted by Gasteiger charge is 2.14. The van der Waals surface area contributed by atoms with Crippen LogP contribution in [0.5, 0.6) is 5.75 Å². The number of nitrogens with zero attached hydrogens (tertiary/aromatic N) is 2. The molecule has 0 fully saturated rings. The van der Waals surface area contributed by atoms with E-state index < -0.39 is 0 Å². The number of amides is 1. The monoisotopic (exact) mass is 547 g/mol. The highest BCUT2D eigenvalue weighted by Crippen LogP contribution is 2.32.